The zero-order valence-corrected chi connectivity index (χ0v) is 20.5. The number of pyridine rings is 1. The number of alkyl halides is 1. The molecule has 0 radical (unpaired) electrons. The molecule has 0 spiro atoms. The Hall–Kier alpha value is -2.77. The molecule has 7 nitrogen and oxygen atoms in total. The molecule has 1 N–H and O–H groups in total. The maximum absolute atomic E-state index is 13.9. The summed E-state index contributed by atoms with van der Waals surface area (Å²) >= 11 is 6.44. The number of Topliss-reactive ketones (excluding diaryl/α,β-unsaturated/α-hetero) is 1. The Kier molecular flexibility index (Phi) is 6.89. The molecule has 3 heterocycles. The van der Waals surface area contributed by atoms with Gasteiger partial charge in [-0.1, -0.05) is 38.0 Å². The molecule has 1 unspecified atom stereocenters. The van der Waals surface area contributed by atoms with Crippen molar-refractivity contribution >= 4 is 29.2 Å². The number of rotatable bonds is 5. The second-order valence-corrected chi connectivity index (χ2v) is 10.5. The smallest absolute Gasteiger partial charge is 0.251 e. The predicted molar refractivity (Wildman–Crippen MR) is 132 cm³/mol. The Morgan fingerprint density at radius 3 is 2.66 bits per heavy atom. The number of hydrogen-bond acceptors (Lipinski definition) is 5. The van der Waals surface area contributed by atoms with E-state index in [1.807, 2.05) is 30.3 Å². The van der Waals surface area contributed by atoms with E-state index in [0.717, 1.165) is 36.8 Å². The van der Waals surface area contributed by atoms with E-state index in [-0.39, 0.29) is 36.7 Å². The average Bonchev–Trinajstić information content (AvgIpc) is 3.43. The number of benzene rings is 1. The molecule has 8 heteroatoms. The Balaban J connectivity index is 1.39. The first-order valence-electron chi connectivity index (χ1n) is 12.3. The predicted octanol–water partition coefficient (Wildman–Crippen LogP) is 3.46. The van der Waals surface area contributed by atoms with Crippen molar-refractivity contribution in [3.63, 3.8) is 0 Å². The quantitative estimate of drug-likeness (QED) is 0.642. The van der Waals surface area contributed by atoms with E-state index < -0.39 is 23.6 Å². The van der Waals surface area contributed by atoms with Crippen molar-refractivity contribution in [2.24, 2.45) is 11.8 Å². The molecule has 2 aromatic rings. The van der Waals surface area contributed by atoms with Gasteiger partial charge in [-0.05, 0) is 48.4 Å². The summed E-state index contributed by atoms with van der Waals surface area (Å²) in [5, 5.41) is 2.61. The third-order valence-corrected chi connectivity index (χ3v) is 8.00. The number of nitrogens with one attached hydrogen (secondary N) is 1. The molecule has 4 atom stereocenters. The van der Waals surface area contributed by atoms with Gasteiger partial charge in [-0.2, -0.15) is 0 Å². The van der Waals surface area contributed by atoms with Crippen molar-refractivity contribution in [3.05, 3.63) is 54.4 Å². The highest BCUT2D eigenvalue weighted by atomic mass is 35.5. The second kappa shape index (κ2) is 10.1. The van der Waals surface area contributed by atoms with Crippen LogP contribution in [0.1, 0.15) is 43.0 Å². The number of halogens is 1. The van der Waals surface area contributed by atoms with Crippen LogP contribution in [0.2, 0.25) is 0 Å². The SMILES string of the molecule is CC1CCC(C(NC(=O)c2cccc(-c3cccnc3)c2)C(=O)N2C[C@H](Cl)[C@H]3OCC(=O)[C@H]32)CC1. The number of fused-ring (bicyclic) bond motifs is 1. The number of amides is 2. The number of carbonyl (C=O) groups excluding carboxylic acids is 3. The van der Waals surface area contributed by atoms with E-state index in [0.29, 0.717) is 11.5 Å². The summed E-state index contributed by atoms with van der Waals surface area (Å²) in [5.41, 5.74) is 2.26. The minimum Gasteiger partial charge on any atom is -0.366 e. The lowest BCUT2D eigenvalue weighted by Gasteiger charge is -2.35. The van der Waals surface area contributed by atoms with Crippen molar-refractivity contribution in [2.75, 3.05) is 13.2 Å². The van der Waals surface area contributed by atoms with E-state index in [9.17, 15) is 14.4 Å². The lowest BCUT2D eigenvalue weighted by molar-refractivity contribution is -0.139. The fourth-order valence-electron chi connectivity index (χ4n) is 5.60. The van der Waals surface area contributed by atoms with Gasteiger partial charge in [0.25, 0.3) is 5.91 Å². The molecule has 3 aliphatic rings. The number of hydrogen-bond donors (Lipinski definition) is 1. The van der Waals surface area contributed by atoms with Crippen LogP contribution in [0.4, 0.5) is 0 Å². The summed E-state index contributed by atoms with van der Waals surface area (Å²) in [4.78, 5) is 45.5. The molecule has 2 saturated heterocycles. The molecule has 1 saturated carbocycles. The number of nitrogens with zero attached hydrogens (tertiary/aromatic N) is 2. The molecule has 2 aliphatic heterocycles. The van der Waals surface area contributed by atoms with Gasteiger partial charge in [0.2, 0.25) is 5.91 Å². The summed E-state index contributed by atoms with van der Waals surface area (Å²) in [5.74, 6) is -0.0623. The van der Waals surface area contributed by atoms with E-state index >= 15 is 0 Å². The van der Waals surface area contributed by atoms with Crippen molar-refractivity contribution in [3.8, 4) is 11.1 Å². The van der Waals surface area contributed by atoms with Gasteiger partial charge in [0, 0.05) is 30.1 Å². The number of ketones is 1. The standard InChI is InChI=1S/C27H30ClN3O4/c1-16-7-9-17(10-8-16)23(27(34)31-14-21(28)25-24(31)22(32)15-35-25)30-26(33)19-5-2-4-18(12-19)20-6-3-11-29-13-20/h2-6,11-13,16-17,21,23-25H,7-10,14-15H2,1H3,(H,30,33)/t16?,17?,21-,23?,24+,25+/m0/s1. The molecule has 184 valence electrons. The highest BCUT2D eigenvalue weighted by Gasteiger charge is 2.53. The van der Waals surface area contributed by atoms with Crippen LogP contribution in [0.25, 0.3) is 11.1 Å². The van der Waals surface area contributed by atoms with Crippen LogP contribution < -0.4 is 5.32 Å². The molecular weight excluding hydrogens is 466 g/mol. The summed E-state index contributed by atoms with van der Waals surface area (Å²) < 4.78 is 5.56. The van der Waals surface area contributed by atoms with Gasteiger partial charge < -0.3 is 15.0 Å². The van der Waals surface area contributed by atoms with Crippen LogP contribution in [0, 0.1) is 11.8 Å². The number of likely N-dealkylation sites (tertiary alicyclic amines) is 1. The van der Waals surface area contributed by atoms with E-state index in [2.05, 4.69) is 17.2 Å². The van der Waals surface area contributed by atoms with Gasteiger partial charge >= 0.3 is 0 Å². The van der Waals surface area contributed by atoms with Gasteiger partial charge in [-0.25, -0.2) is 0 Å². The maximum Gasteiger partial charge on any atom is 0.251 e. The first kappa shape index (κ1) is 23.9. The van der Waals surface area contributed by atoms with E-state index in [1.54, 1.807) is 23.4 Å². The van der Waals surface area contributed by atoms with Crippen molar-refractivity contribution in [2.45, 2.75) is 56.2 Å². The van der Waals surface area contributed by atoms with Crippen LogP contribution in [0.3, 0.4) is 0 Å². The van der Waals surface area contributed by atoms with Crippen molar-refractivity contribution in [1.82, 2.24) is 15.2 Å². The largest absolute Gasteiger partial charge is 0.366 e. The number of ether oxygens (including phenoxy) is 1. The van der Waals surface area contributed by atoms with E-state index in [1.165, 1.54) is 0 Å². The highest BCUT2D eigenvalue weighted by Crippen LogP contribution is 2.35. The van der Waals surface area contributed by atoms with Gasteiger partial charge in [-0.3, -0.25) is 19.4 Å². The van der Waals surface area contributed by atoms with Gasteiger partial charge in [-0.15, -0.1) is 11.6 Å². The molecule has 5 rings (SSSR count). The Morgan fingerprint density at radius 1 is 1.14 bits per heavy atom. The monoisotopic (exact) mass is 495 g/mol. The summed E-state index contributed by atoms with van der Waals surface area (Å²) in [6.45, 7) is 2.43. The lowest BCUT2D eigenvalue weighted by atomic mass is 9.78. The third-order valence-electron chi connectivity index (χ3n) is 7.61. The van der Waals surface area contributed by atoms with Gasteiger partial charge in [0.15, 0.2) is 5.78 Å². The molecular formula is C27H30ClN3O4. The fourth-order valence-corrected chi connectivity index (χ4v) is 5.96. The maximum atomic E-state index is 13.9. The number of aromatic nitrogens is 1. The Labute approximate surface area is 210 Å². The van der Waals surface area contributed by atoms with Crippen LogP contribution in [-0.2, 0) is 14.3 Å². The molecule has 1 aliphatic carbocycles. The van der Waals surface area contributed by atoms with Gasteiger partial charge in [0.1, 0.15) is 24.8 Å². The Morgan fingerprint density at radius 2 is 1.91 bits per heavy atom. The minimum atomic E-state index is -0.715. The van der Waals surface area contributed by atoms with Crippen LogP contribution in [0.5, 0.6) is 0 Å². The first-order chi connectivity index (χ1) is 16.9. The highest BCUT2D eigenvalue weighted by molar-refractivity contribution is 6.22. The van der Waals surface area contributed by atoms with Crippen LogP contribution in [-0.4, -0.2) is 64.2 Å². The summed E-state index contributed by atoms with van der Waals surface area (Å²) in [6.07, 6.45) is 6.69. The van der Waals surface area contributed by atoms with Gasteiger partial charge in [0.05, 0.1) is 5.38 Å². The summed E-state index contributed by atoms with van der Waals surface area (Å²) in [7, 11) is 0. The average molecular weight is 496 g/mol. The molecule has 3 fully saturated rings. The Bertz CT molecular complexity index is 1100. The molecule has 0 bridgehead atoms. The topological polar surface area (TPSA) is 88.6 Å². The third kappa shape index (κ3) is 4.84. The molecule has 1 aromatic carbocycles. The lowest BCUT2D eigenvalue weighted by Crippen LogP contribution is -2.55. The molecule has 1 aromatic heterocycles. The number of carbonyl (C=O) groups is 3. The molecule has 2 amide bonds. The normalized spacial score (nSPS) is 29.0. The minimum absolute atomic E-state index is 0.00871. The zero-order valence-electron chi connectivity index (χ0n) is 19.7. The summed E-state index contributed by atoms with van der Waals surface area (Å²) in [6, 6.07) is 9.72. The fraction of sp³-hybridized carbons (Fsp3) is 0.481. The first-order valence-corrected chi connectivity index (χ1v) is 12.8. The van der Waals surface area contributed by atoms with Crippen LogP contribution >= 0.6 is 11.6 Å². The van der Waals surface area contributed by atoms with Crippen molar-refractivity contribution < 1.29 is 19.1 Å². The second-order valence-electron chi connectivity index (χ2n) is 9.99. The zero-order chi connectivity index (χ0) is 24.5. The molecule has 35 heavy (non-hydrogen) atoms. The van der Waals surface area contributed by atoms with E-state index in [4.69, 9.17) is 16.3 Å². The van der Waals surface area contributed by atoms with Crippen LogP contribution in [0.15, 0.2) is 48.8 Å². The van der Waals surface area contributed by atoms with Crippen molar-refractivity contribution in [1.29, 1.82) is 0 Å².